The third-order valence-corrected chi connectivity index (χ3v) is 5.24. The number of rotatable bonds is 7. The first-order valence-corrected chi connectivity index (χ1v) is 10.3. The highest BCUT2D eigenvalue weighted by molar-refractivity contribution is 6.06. The second-order valence-electron chi connectivity index (χ2n) is 7.39. The molecule has 9 heteroatoms. The van der Waals surface area contributed by atoms with Gasteiger partial charge in [0.15, 0.2) is 5.82 Å². The molecule has 8 nitrogen and oxygen atoms in total. The van der Waals surface area contributed by atoms with Crippen LogP contribution in [0.25, 0.3) is 0 Å². The number of carbonyl (C=O) groups is 1. The Morgan fingerprint density at radius 2 is 2.00 bits per heavy atom. The van der Waals surface area contributed by atoms with Gasteiger partial charge in [-0.3, -0.25) is 4.79 Å². The number of amides is 1. The molecular formula is C23H24FN5O3. The van der Waals surface area contributed by atoms with Gasteiger partial charge < -0.3 is 20.5 Å². The minimum Gasteiger partial charge on any atom is -0.496 e. The van der Waals surface area contributed by atoms with Crippen molar-refractivity contribution in [2.45, 2.75) is 25.8 Å². The van der Waals surface area contributed by atoms with Crippen LogP contribution in [0.1, 0.15) is 30.8 Å². The molecule has 0 aliphatic carbocycles. The lowest BCUT2D eigenvalue weighted by atomic mass is 9.94. The van der Waals surface area contributed by atoms with Crippen molar-refractivity contribution >= 4 is 17.5 Å². The molecule has 3 N–H and O–H groups in total. The summed E-state index contributed by atoms with van der Waals surface area (Å²) in [5.74, 6) is 0.944. The van der Waals surface area contributed by atoms with Crippen molar-refractivity contribution in [3.8, 4) is 5.75 Å². The summed E-state index contributed by atoms with van der Waals surface area (Å²) >= 11 is 0. The SMILES string of the molecule is COc1ccccc1C1C(C(=O)Nc2ccc(F)cc2)=C(C)Nc2nc(CCCO)nn21. The average Bonchev–Trinajstić information content (AvgIpc) is 3.20. The lowest BCUT2D eigenvalue weighted by molar-refractivity contribution is -0.113. The van der Waals surface area contributed by atoms with Crippen LogP contribution >= 0.6 is 0 Å². The maximum atomic E-state index is 13.4. The number of aryl methyl sites for hydroxylation is 1. The van der Waals surface area contributed by atoms with Gasteiger partial charge in [-0.05, 0) is 43.7 Å². The summed E-state index contributed by atoms with van der Waals surface area (Å²) in [6, 6.07) is 12.4. The first kappa shape index (κ1) is 21.5. The Kier molecular flexibility index (Phi) is 6.18. The number of halogens is 1. The molecule has 2 heterocycles. The number of hydrogen-bond donors (Lipinski definition) is 3. The van der Waals surface area contributed by atoms with Crippen LogP contribution < -0.4 is 15.4 Å². The number of aliphatic hydroxyl groups is 1. The Balaban J connectivity index is 1.78. The summed E-state index contributed by atoms with van der Waals surface area (Å²) in [4.78, 5) is 17.9. The number of aromatic nitrogens is 3. The van der Waals surface area contributed by atoms with E-state index in [1.54, 1.807) is 18.7 Å². The third-order valence-electron chi connectivity index (χ3n) is 5.24. The number of ether oxygens (including phenoxy) is 1. The lowest BCUT2D eigenvalue weighted by Gasteiger charge is -2.29. The minimum atomic E-state index is -0.599. The molecular weight excluding hydrogens is 413 g/mol. The molecule has 3 aromatic rings. The first-order chi connectivity index (χ1) is 15.5. The van der Waals surface area contributed by atoms with Crippen molar-refractivity contribution < 1.29 is 19.0 Å². The number of nitrogens with zero attached hydrogens (tertiary/aromatic N) is 3. The van der Waals surface area contributed by atoms with Gasteiger partial charge in [0.2, 0.25) is 5.95 Å². The Morgan fingerprint density at radius 1 is 1.25 bits per heavy atom. The van der Waals surface area contributed by atoms with Crippen molar-refractivity contribution in [1.29, 1.82) is 0 Å². The van der Waals surface area contributed by atoms with Gasteiger partial charge in [0.05, 0.1) is 12.7 Å². The zero-order chi connectivity index (χ0) is 22.7. The minimum absolute atomic E-state index is 0.0375. The standard InChI is InChI=1S/C23H24FN5O3/c1-14-20(22(31)26-16-11-9-15(24)10-12-16)21(17-6-3-4-7-18(17)32-2)29-23(25-14)27-19(28-29)8-5-13-30/h3-4,6-7,9-12,21,30H,5,8,13H2,1-2H3,(H,26,31)(H,25,27,28). The van der Waals surface area contributed by atoms with Gasteiger partial charge in [-0.25, -0.2) is 9.07 Å². The molecule has 0 saturated heterocycles. The fraction of sp³-hybridized carbons (Fsp3) is 0.261. The molecule has 166 valence electrons. The highest BCUT2D eigenvalue weighted by Gasteiger charge is 2.35. The largest absolute Gasteiger partial charge is 0.496 e. The van der Waals surface area contributed by atoms with Crippen LogP contribution in [0, 0.1) is 5.82 Å². The summed E-state index contributed by atoms with van der Waals surface area (Å²) in [6.07, 6.45) is 1.04. The first-order valence-electron chi connectivity index (χ1n) is 10.3. The molecule has 0 bridgehead atoms. The Hall–Kier alpha value is -3.72. The van der Waals surface area contributed by atoms with Crippen molar-refractivity contribution in [2.75, 3.05) is 24.4 Å². The lowest BCUT2D eigenvalue weighted by Crippen LogP contribution is -2.31. The van der Waals surface area contributed by atoms with E-state index in [4.69, 9.17) is 9.84 Å². The monoisotopic (exact) mass is 437 g/mol. The predicted octanol–water partition coefficient (Wildman–Crippen LogP) is 3.28. The van der Waals surface area contributed by atoms with E-state index in [0.717, 1.165) is 5.56 Å². The molecule has 1 aliphatic rings. The summed E-state index contributed by atoms with van der Waals surface area (Å²) < 4.78 is 20.5. The zero-order valence-corrected chi connectivity index (χ0v) is 17.8. The van der Waals surface area contributed by atoms with Gasteiger partial charge in [-0.1, -0.05) is 18.2 Å². The van der Waals surface area contributed by atoms with E-state index in [1.807, 2.05) is 24.3 Å². The predicted molar refractivity (Wildman–Crippen MR) is 118 cm³/mol. The Labute approximate surface area is 184 Å². The molecule has 1 atom stereocenters. The number of methoxy groups -OCH3 is 1. The molecule has 0 fully saturated rings. The number of nitrogens with one attached hydrogen (secondary N) is 2. The summed E-state index contributed by atoms with van der Waals surface area (Å²) in [6.45, 7) is 1.84. The van der Waals surface area contributed by atoms with E-state index in [0.29, 0.717) is 47.3 Å². The Morgan fingerprint density at radius 3 is 2.72 bits per heavy atom. The van der Waals surface area contributed by atoms with Crippen LogP contribution in [-0.2, 0) is 11.2 Å². The molecule has 4 rings (SSSR count). The maximum Gasteiger partial charge on any atom is 0.255 e. The molecule has 2 aromatic carbocycles. The average molecular weight is 437 g/mol. The highest BCUT2D eigenvalue weighted by atomic mass is 19.1. The van der Waals surface area contributed by atoms with Gasteiger partial charge in [0.1, 0.15) is 17.6 Å². The molecule has 1 aliphatic heterocycles. The molecule has 0 radical (unpaired) electrons. The highest BCUT2D eigenvalue weighted by Crippen LogP contribution is 2.39. The van der Waals surface area contributed by atoms with Crippen molar-refractivity contribution in [2.24, 2.45) is 0 Å². The van der Waals surface area contributed by atoms with Crippen LogP contribution in [0.2, 0.25) is 0 Å². The second kappa shape index (κ2) is 9.19. The number of anilines is 2. The Bertz CT molecular complexity index is 1160. The number of hydrogen-bond acceptors (Lipinski definition) is 6. The number of benzene rings is 2. The number of allylic oxidation sites excluding steroid dienone is 1. The normalized spacial score (nSPS) is 15.2. The zero-order valence-electron chi connectivity index (χ0n) is 17.8. The van der Waals surface area contributed by atoms with E-state index >= 15 is 0 Å². The number of aliphatic hydroxyl groups excluding tert-OH is 1. The van der Waals surface area contributed by atoms with Crippen molar-refractivity contribution in [3.05, 3.63) is 77.0 Å². The maximum absolute atomic E-state index is 13.4. The summed E-state index contributed by atoms with van der Waals surface area (Å²) in [5.41, 5.74) is 2.28. The molecule has 1 aromatic heterocycles. The molecule has 0 saturated carbocycles. The van der Waals surface area contributed by atoms with E-state index in [1.165, 1.54) is 24.3 Å². The van der Waals surface area contributed by atoms with Crippen LogP contribution in [0.3, 0.4) is 0 Å². The van der Waals surface area contributed by atoms with Gasteiger partial charge in [0, 0.05) is 30.0 Å². The van der Waals surface area contributed by atoms with Gasteiger partial charge in [-0.15, -0.1) is 0 Å². The van der Waals surface area contributed by atoms with Gasteiger partial charge in [0.25, 0.3) is 5.91 Å². The van der Waals surface area contributed by atoms with E-state index in [2.05, 4.69) is 20.7 Å². The third kappa shape index (κ3) is 4.19. The van der Waals surface area contributed by atoms with Crippen LogP contribution in [0.4, 0.5) is 16.0 Å². The fourth-order valence-electron chi connectivity index (χ4n) is 3.74. The van der Waals surface area contributed by atoms with Gasteiger partial charge >= 0.3 is 0 Å². The smallest absolute Gasteiger partial charge is 0.255 e. The number of carbonyl (C=O) groups excluding carboxylic acids is 1. The molecule has 0 spiro atoms. The summed E-state index contributed by atoms with van der Waals surface area (Å²) in [7, 11) is 1.57. The van der Waals surface area contributed by atoms with Gasteiger partial charge in [-0.2, -0.15) is 10.1 Å². The fourth-order valence-corrected chi connectivity index (χ4v) is 3.74. The topological polar surface area (TPSA) is 101 Å². The summed E-state index contributed by atoms with van der Waals surface area (Å²) in [5, 5.41) is 19.8. The quantitative estimate of drug-likeness (QED) is 0.524. The molecule has 1 amide bonds. The molecule has 1 unspecified atom stereocenters. The van der Waals surface area contributed by atoms with Crippen LogP contribution in [-0.4, -0.2) is 39.5 Å². The van der Waals surface area contributed by atoms with E-state index < -0.39 is 6.04 Å². The van der Waals surface area contributed by atoms with Crippen LogP contribution in [0.5, 0.6) is 5.75 Å². The second-order valence-corrected chi connectivity index (χ2v) is 7.39. The van der Waals surface area contributed by atoms with E-state index in [9.17, 15) is 9.18 Å². The number of para-hydroxylation sites is 1. The van der Waals surface area contributed by atoms with Crippen molar-refractivity contribution in [3.63, 3.8) is 0 Å². The van der Waals surface area contributed by atoms with Crippen molar-refractivity contribution in [1.82, 2.24) is 14.8 Å². The number of fused-ring (bicyclic) bond motifs is 1. The molecule has 32 heavy (non-hydrogen) atoms. The van der Waals surface area contributed by atoms with Crippen LogP contribution in [0.15, 0.2) is 59.8 Å². The van der Waals surface area contributed by atoms with E-state index in [-0.39, 0.29) is 18.3 Å².